The Labute approximate surface area is 176 Å². The summed E-state index contributed by atoms with van der Waals surface area (Å²) in [5.41, 5.74) is 0. The van der Waals surface area contributed by atoms with Gasteiger partial charge >= 0.3 is 0 Å². The highest BCUT2D eigenvalue weighted by atomic mass is 127. The second-order valence-corrected chi connectivity index (χ2v) is 6.80. The molecule has 0 atom stereocenters. The number of likely N-dealkylation sites (tertiary alicyclic amines) is 1. The van der Waals surface area contributed by atoms with Crippen molar-refractivity contribution in [3.63, 3.8) is 0 Å². The van der Waals surface area contributed by atoms with Crippen LogP contribution in [-0.4, -0.2) is 85.5 Å². The Morgan fingerprint density at radius 3 is 2.35 bits per heavy atom. The zero-order valence-corrected chi connectivity index (χ0v) is 18.8. The summed E-state index contributed by atoms with van der Waals surface area (Å²) in [5.74, 6) is 1.31. The predicted molar refractivity (Wildman–Crippen MR) is 119 cm³/mol. The van der Waals surface area contributed by atoms with Crippen LogP contribution in [0.5, 0.6) is 0 Å². The number of piperazine rings is 1. The van der Waals surface area contributed by atoms with Gasteiger partial charge in [-0.15, -0.1) is 24.0 Å². The summed E-state index contributed by atoms with van der Waals surface area (Å²) >= 11 is 0. The van der Waals surface area contributed by atoms with E-state index in [1.54, 1.807) is 0 Å². The monoisotopic (exact) mass is 477 g/mol. The Balaban J connectivity index is 0.00000338. The third-order valence-electron chi connectivity index (χ3n) is 4.87. The lowest BCUT2D eigenvalue weighted by atomic mass is 10.1. The van der Waals surface area contributed by atoms with Gasteiger partial charge < -0.3 is 15.1 Å². The van der Waals surface area contributed by atoms with Crippen LogP contribution >= 0.6 is 24.0 Å². The van der Waals surface area contributed by atoms with Crippen molar-refractivity contribution < 1.29 is 4.79 Å². The average molecular weight is 477 g/mol. The Morgan fingerprint density at radius 2 is 1.73 bits per heavy atom. The summed E-state index contributed by atoms with van der Waals surface area (Å²) in [6.07, 6.45) is 8.79. The number of amides is 1. The molecule has 2 aliphatic heterocycles. The zero-order valence-electron chi connectivity index (χ0n) is 16.5. The molecule has 2 saturated heterocycles. The molecule has 0 aliphatic carbocycles. The van der Waals surface area contributed by atoms with Gasteiger partial charge in [-0.2, -0.15) is 0 Å². The lowest BCUT2D eigenvalue weighted by molar-refractivity contribution is -0.133. The largest absolute Gasteiger partial charge is 0.357 e. The first kappa shape index (κ1) is 23.2. The number of allylic oxidation sites excluding steroid dienone is 1. The van der Waals surface area contributed by atoms with E-state index in [0.29, 0.717) is 12.5 Å². The second kappa shape index (κ2) is 13.4. The van der Waals surface area contributed by atoms with Crippen LogP contribution in [0.1, 0.15) is 39.5 Å². The number of hydrogen-bond acceptors (Lipinski definition) is 3. The molecule has 0 aromatic rings. The van der Waals surface area contributed by atoms with E-state index in [1.165, 1.54) is 6.42 Å². The third-order valence-corrected chi connectivity index (χ3v) is 4.87. The summed E-state index contributed by atoms with van der Waals surface area (Å²) in [4.78, 5) is 23.8. The highest BCUT2D eigenvalue weighted by Crippen LogP contribution is 2.10. The first-order chi connectivity index (χ1) is 12.2. The van der Waals surface area contributed by atoms with Crippen LogP contribution < -0.4 is 5.32 Å². The van der Waals surface area contributed by atoms with Gasteiger partial charge in [-0.3, -0.25) is 14.7 Å². The van der Waals surface area contributed by atoms with Crippen LogP contribution in [0, 0.1) is 0 Å². The van der Waals surface area contributed by atoms with Gasteiger partial charge in [-0.25, -0.2) is 0 Å². The molecule has 2 heterocycles. The quantitative estimate of drug-likeness (QED) is 0.210. The molecule has 150 valence electrons. The summed E-state index contributed by atoms with van der Waals surface area (Å²) in [5, 5.41) is 3.39. The minimum atomic E-state index is 0. The molecule has 0 unspecified atom stereocenters. The number of nitrogens with one attached hydrogen (secondary N) is 1. The maximum Gasteiger partial charge on any atom is 0.236 e. The van der Waals surface area contributed by atoms with Crippen molar-refractivity contribution in [2.24, 2.45) is 4.99 Å². The van der Waals surface area contributed by atoms with Crippen molar-refractivity contribution >= 4 is 35.8 Å². The molecule has 0 radical (unpaired) electrons. The van der Waals surface area contributed by atoms with E-state index in [4.69, 9.17) is 4.99 Å². The molecule has 1 amide bonds. The molecule has 0 spiro atoms. The fourth-order valence-electron chi connectivity index (χ4n) is 3.39. The van der Waals surface area contributed by atoms with E-state index < -0.39 is 0 Å². The topological polar surface area (TPSA) is 51.2 Å². The van der Waals surface area contributed by atoms with Gasteiger partial charge in [0.15, 0.2) is 5.96 Å². The van der Waals surface area contributed by atoms with E-state index >= 15 is 0 Å². The molecule has 2 fully saturated rings. The highest BCUT2D eigenvalue weighted by Gasteiger charge is 2.23. The van der Waals surface area contributed by atoms with Crippen molar-refractivity contribution in [2.75, 3.05) is 58.9 Å². The predicted octanol–water partition coefficient (Wildman–Crippen LogP) is 2.17. The smallest absolute Gasteiger partial charge is 0.236 e. The molecule has 1 N–H and O–H groups in total. The van der Waals surface area contributed by atoms with E-state index in [2.05, 4.69) is 34.2 Å². The molecule has 6 nitrogen and oxygen atoms in total. The van der Waals surface area contributed by atoms with Crippen LogP contribution in [0.3, 0.4) is 0 Å². The van der Waals surface area contributed by atoms with Gasteiger partial charge in [-0.05, 0) is 39.5 Å². The minimum Gasteiger partial charge on any atom is -0.357 e. The number of rotatable bonds is 6. The number of halogens is 1. The SMILES string of the molecule is C/C=C/CCN=C(NCC)N1CCN(CC(=O)N2CCCCC2)CC1.I. The number of piperidine rings is 1. The standard InChI is InChI=1S/C19H35N5O.HI/c1-3-5-7-10-21-19(20-4-2)24-15-13-22(14-16-24)17-18(25)23-11-8-6-9-12-23;/h3,5H,4,6-17H2,1-2H3,(H,20,21);1H/b5-3+;. The maximum absolute atomic E-state index is 12.4. The first-order valence-corrected chi connectivity index (χ1v) is 9.89. The van der Waals surface area contributed by atoms with E-state index in [-0.39, 0.29) is 24.0 Å². The number of aliphatic imine (C=N–C) groups is 1. The van der Waals surface area contributed by atoms with Crippen molar-refractivity contribution in [3.05, 3.63) is 12.2 Å². The van der Waals surface area contributed by atoms with Crippen LogP contribution in [0.15, 0.2) is 17.1 Å². The summed E-state index contributed by atoms with van der Waals surface area (Å²) in [7, 11) is 0. The van der Waals surface area contributed by atoms with Crippen LogP contribution in [-0.2, 0) is 4.79 Å². The Morgan fingerprint density at radius 1 is 1.04 bits per heavy atom. The molecule has 0 saturated carbocycles. The number of guanidine groups is 1. The van der Waals surface area contributed by atoms with Crippen LogP contribution in [0.4, 0.5) is 0 Å². The van der Waals surface area contributed by atoms with Crippen molar-refractivity contribution in [3.8, 4) is 0 Å². The van der Waals surface area contributed by atoms with Crippen molar-refractivity contribution in [1.82, 2.24) is 20.0 Å². The minimum absolute atomic E-state index is 0. The first-order valence-electron chi connectivity index (χ1n) is 9.89. The Bertz CT molecular complexity index is 455. The van der Waals surface area contributed by atoms with Gasteiger partial charge in [-0.1, -0.05) is 12.2 Å². The number of nitrogens with zero attached hydrogens (tertiary/aromatic N) is 4. The Hall–Kier alpha value is -0.830. The Kier molecular flexibility index (Phi) is 11.9. The van der Waals surface area contributed by atoms with E-state index in [0.717, 1.165) is 77.6 Å². The van der Waals surface area contributed by atoms with Crippen LogP contribution in [0.2, 0.25) is 0 Å². The summed E-state index contributed by atoms with van der Waals surface area (Å²) in [6.45, 7) is 12.0. The highest BCUT2D eigenvalue weighted by molar-refractivity contribution is 14.0. The molecule has 0 aromatic heterocycles. The molecule has 0 aromatic carbocycles. The molecule has 0 bridgehead atoms. The lowest BCUT2D eigenvalue weighted by Crippen LogP contribution is -2.54. The van der Waals surface area contributed by atoms with Gasteiger partial charge in [0.05, 0.1) is 6.54 Å². The third kappa shape index (κ3) is 7.82. The molecular formula is C19H36IN5O. The second-order valence-electron chi connectivity index (χ2n) is 6.80. The summed E-state index contributed by atoms with van der Waals surface area (Å²) in [6, 6.07) is 0. The number of carbonyl (C=O) groups excluding carboxylic acids is 1. The van der Waals surface area contributed by atoms with Crippen molar-refractivity contribution in [1.29, 1.82) is 0 Å². The molecule has 7 heteroatoms. The fraction of sp³-hybridized carbons (Fsp3) is 0.789. The maximum atomic E-state index is 12.4. The molecule has 2 rings (SSSR count). The van der Waals surface area contributed by atoms with E-state index in [1.807, 2.05) is 11.8 Å². The number of carbonyl (C=O) groups is 1. The molecular weight excluding hydrogens is 441 g/mol. The normalized spacial score (nSPS) is 19.5. The van der Waals surface area contributed by atoms with Gasteiger partial charge in [0, 0.05) is 52.4 Å². The molecule has 2 aliphatic rings. The van der Waals surface area contributed by atoms with Gasteiger partial charge in [0.25, 0.3) is 0 Å². The van der Waals surface area contributed by atoms with E-state index in [9.17, 15) is 4.79 Å². The fourth-order valence-corrected chi connectivity index (χ4v) is 3.39. The van der Waals surface area contributed by atoms with Crippen LogP contribution in [0.25, 0.3) is 0 Å². The van der Waals surface area contributed by atoms with Crippen molar-refractivity contribution in [2.45, 2.75) is 39.5 Å². The van der Waals surface area contributed by atoms with Gasteiger partial charge in [0.1, 0.15) is 0 Å². The zero-order chi connectivity index (χ0) is 17.9. The molecule has 26 heavy (non-hydrogen) atoms. The summed E-state index contributed by atoms with van der Waals surface area (Å²) < 4.78 is 0. The van der Waals surface area contributed by atoms with Gasteiger partial charge in [0.2, 0.25) is 5.91 Å². The number of hydrogen-bond donors (Lipinski definition) is 1. The lowest BCUT2D eigenvalue weighted by Gasteiger charge is -2.37. The average Bonchev–Trinajstić information content (AvgIpc) is 2.66.